The topological polar surface area (TPSA) is 114 Å². The van der Waals surface area contributed by atoms with Gasteiger partial charge in [0.2, 0.25) is 0 Å². The van der Waals surface area contributed by atoms with Gasteiger partial charge in [-0.25, -0.2) is 9.67 Å². The standard InChI is InChI=1S/C4H7N3O.HNO3/c1-4(8)7-3-5-2-6-7;2-1(3)4/h2-4,8H,1H3;(H,2,3,4). The molecule has 0 saturated heterocycles. The van der Waals surface area contributed by atoms with Crippen molar-refractivity contribution in [1.29, 1.82) is 0 Å². The fourth-order valence-corrected chi connectivity index (χ4v) is 0.410. The molecule has 12 heavy (non-hydrogen) atoms. The SMILES string of the molecule is CC(O)n1cncn1.O=[N+]([O-])O. The van der Waals surface area contributed by atoms with Crippen molar-refractivity contribution < 1.29 is 15.4 Å². The van der Waals surface area contributed by atoms with Crippen molar-refractivity contribution in [2.24, 2.45) is 0 Å². The maximum atomic E-state index is 8.77. The van der Waals surface area contributed by atoms with Crippen LogP contribution in [-0.2, 0) is 0 Å². The van der Waals surface area contributed by atoms with Gasteiger partial charge in [-0.1, -0.05) is 0 Å². The van der Waals surface area contributed by atoms with Crippen molar-refractivity contribution >= 4 is 0 Å². The molecule has 0 spiro atoms. The summed E-state index contributed by atoms with van der Waals surface area (Å²) in [6.07, 6.45) is 2.27. The van der Waals surface area contributed by atoms with E-state index in [0.717, 1.165) is 0 Å². The molecular weight excluding hydrogens is 168 g/mol. The second-order valence-electron chi connectivity index (χ2n) is 1.75. The summed E-state index contributed by atoms with van der Waals surface area (Å²) in [5.41, 5.74) is 0. The van der Waals surface area contributed by atoms with Crippen LogP contribution in [0.1, 0.15) is 13.2 Å². The second kappa shape index (κ2) is 5.02. The van der Waals surface area contributed by atoms with Crippen LogP contribution in [0.2, 0.25) is 0 Å². The third kappa shape index (κ3) is 5.11. The van der Waals surface area contributed by atoms with Crippen LogP contribution < -0.4 is 0 Å². The van der Waals surface area contributed by atoms with Gasteiger partial charge in [-0.2, -0.15) is 5.10 Å². The van der Waals surface area contributed by atoms with E-state index in [2.05, 4.69) is 10.1 Å². The van der Waals surface area contributed by atoms with Gasteiger partial charge in [0.15, 0.2) is 0 Å². The zero-order chi connectivity index (χ0) is 9.56. The summed E-state index contributed by atoms with van der Waals surface area (Å²) in [5.74, 6) is 0. The normalized spacial score (nSPS) is 11.2. The quantitative estimate of drug-likeness (QED) is 0.438. The summed E-state index contributed by atoms with van der Waals surface area (Å²) in [7, 11) is 0. The molecule has 0 aliphatic rings. The molecule has 0 aromatic carbocycles. The summed E-state index contributed by atoms with van der Waals surface area (Å²) in [6, 6.07) is 0. The van der Waals surface area contributed by atoms with Crippen LogP contribution in [0.25, 0.3) is 0 Å². The van der Waals surface area contributed by atoms with Crippen molar-refractivity contribution in [3.8, 4) is 0 Å². The van der Waals surface area contributed by atoms with Crippen molar-refractivity contribution in [3.63, 3.8) is 0 Å². The van der Waals surface area contributed by atoms with E-state index in [1.807, 2.05) is 0 Å². The lowest BCUT2D eigenvalue weighted by molar-refractivity contribution is -0.742. The maximum absolute atomic E-state index is 8.77. The number of hydrogen-bond acceptors (Lipinski definition) is 5. The summed E-state index contributed by atoms with van der Waals surface area (Å²) in [4.78, 5) is 12.0. The van der Waals surface area contributed by atoms with Gasteiger partial charge in [-0.3, -0.25) is 0 Å². The first-order chi connectivity index (χ1) is 5.54. The number of nitrogens with zero attached hydrogens (tertiary/aromatic N) is 4. The first kappa shape index (κ1) is 10.3. The average Bonchev–Trinajstić information content (AvgIpc) is 2.34. The van der Waals surface area contributed by atoms with Crippen LogP contribution in [0.5, 0.6) is 0 Å². The molecule has 0 fully saturated rings. The second-order valence-corrected chi connectivity index (χ2v) is 1.75. The Morgan fingerprint density at radius 1 is 1.75 bits per heavy atom. The summed E-state index contributed by atoms with van der Waals surface area (Å²) < 4.78 is 1.36. The van der Waals surface area contributed by atoms with Crippen LogP contribution in [-0.4, -0.2) is 30.2 Å². The Bertz CT molecular complexity index is 217. The molecule has 1 heterocycles. The van der Waals surface area contributed by atoms with Gasteiger partial charge < -0.3 is 10.3 Å². The Morgan fingerprint density at radius 3 is 2.42 bits per heavy atom. The van der Waals surface area contributed by atoms with E-state index >= 15 is 0 Å². The third-order valence-electron chi connectivity index (χ3n) is 0.819. The zero-order valence-electron chi connectivity index (χ0n) is 6.23. The minimum Gasteiger partial charge on any atom is -0.372 e. The lowest BCUT2D eigenvalue weighted by atomic mass is 10.7. The van der Waals surface area contributed by atoms with Crippen molar-refractivity contribution in [2.75, 3.05) is 0 Å². The molecule has 0 saturated carbocycles. The predicted molar refractivity (Wildman–Crippen MR) is 35.7 cm³/mol. The Hall–Kier alpha value is -1.70. The zero-order valence-corrected chi connectivity index (χ0v) is 6.23. The van der Waals surface area contributed by atoms with Gasteiger partial charge in [-0.15, -0.1) is 10.1 Å². The summed E-state index contributed by atoms with van der Waals surface area (Å²) >= 11 is 0. The van der Waals surface area contributed by atoms with Crippen molar-refractivity contribution in [2.45, 2.75) is 13.2 Å². The molecular formula is C4H8N4O4. The monoisotopic (exact) mass is 176 g/mol. The smallest absolute Gasteiger partial charge is 0.291 e. The highest BCUT2D eigenvalue weighted by atomic mass is 16.9. The fourth-order valence-electron chi connectivity index (χ4n) is 0.410. The molecule has 0 radical (unpaired) electrons. The molecule has 1 unspecified atom stereocenters. The molecule has 0 bridgehead atoms. The van der Waals surface area contributed by atoms with Crippen LogP contribution in [0.15, 0.2) is 12.7 Å². The minimum absolute atomic E-state index is 0.572. The van der Waals surface area contributed by atoms with E-state index in [4.69, 9.17) is 20.4 Å². The molecule has 1 rings (SSSR count). The van der Waals surface area contributed by atoms with Gasteiger partial charge in [-0.05, 0) is 6.92 Å². The van der Waals surface area contributed by atoms with Crippen LogP contribution >= 0.6 is 0 Å². The van der Waals surface area contributed by atoms with Gasteiger partial charge in [0.05, 0.1) is 0 Å². The Balaban J connectivity index is 0.000000261. The number of rotatable bonds is 1. The van der Waals surface area contributed by atoms with Gasteiger partial charge in [0.25, 0.3) is 5.09 Å². The lowest BCUT2D eigenvalue weighted by Gasteiger charge is -1.99. The Labute approximate surface area is 67.2 Å². The van der Waals surface area contributed by atoms with Gasteiger partial charge in [0, 0.05) is 0 Å². The molecule has 8 nitrogen and oxygen atoms in total. The number of aliphatic hydroxyl groups excluding tert-OH is 1. The van der Waals surface area contributed by atoms with Crippen molar-refractivity contribution in [1.82, 2.24) is 14.8 Å². The van der Waals surface area contributed by atoms with E-state index in [0.29, 0.717) is 0 Å². The van der Waals surface area contributed by atoms with Crippen molar-refractivity contribution in [3.05, 3.63) is 22.8 Å². The van der Waals surface area contributed by atoms with E-state index in [1.54, 1.807) is 6.92 Å². The van der Waals surface area contributed by atoms with E-state index in [-0.39, 0.29) is 0 Å². The van der Waals surface area contributed by atoms with Crippen LogP contribution in [0.4, 0.5) is 0 Å². The first-order valence-corrected chi connectivity index (χ1v) is 2.89. The predicted octanol–water partition coefficient (Wildman–Crippen LogP) is -0.559. The molecule has 0 amide bonds. The van der Waals surface area contributed by atoms with E-state index in [1.165, 1.54) is 17.3 Å². The largest absolute Gasteiger partial charge is 0.372 e. The van der Waals surface area contributed by atoms with Crippen LogP contribution in [0, 0.1) is 10.1 Å². The number of aromatic nitrogens is 3. The number of hydrogen-bond donors (Lipinski definition) is 2. The van der Waals surface area contributed by atoms with Crippen LogP contribution in [0.3, 0.4) is 0 Å². The van der Waals surface area contributed by atoms with E-state index < -0.39 is 11.3 Å². The lowest BCUT2D eigenvalue weighted by Crippen LogP contribution is -2.02. The summed E-state index contributed by atoms with van der Waals surface area (Å²) in [6.45, 7) is 1.62. The third-order valence-corrected chi connectivity index (χ3v) is 0.819. The Morgan fingerprint density at radius 2 is 2.25 bits per heavy atom. The molecule has 1 aromatic heterocycles. The average molecular weight is 176 g/mol. The molecule has 8 heteroatoms. The molecule has 1 aromatic rings. The van der Waals surface area contributed by atoms with E-state index in [9.17, 15) is 0 Å². The fraction of sp³-hybridized carbons (Fsp3) is 0.500. The highest BCUT2D eigenvalue weighted by Crippen LogP contribution is 1.92. The van der Waals surface area contributed by atoms with Gasteiger partial charge in [0.1, 0.15) is 18.9 Å². The minimum atomic E-state index is -1.50. The Kier molecular flexibility index (Phi) is 4.31. The first-order valence-electron chi connectivity index (χ1n) is 2.89. The van der Waals surface area contributed by atoms with Gasteiger partial charge >= 0.3 is 0 Å². The highest BCUT2D eigenvalue weighted by molar-refractivity contribution is 4.56. The molecule has 1 atom stereocenters. The molecule has 0 aliphatic carbocycles. The molecule has 2 N–H and O–H groups in total. The molecule has 0 aliphatic heterocycles. The summed E-state index contributed by atoms with van der Waals surface area (Å²) in [5, 5.41) is 26.1. The maximum Gasteiger partial charge on any atom is 0.291 e. The molecule has 68 valence electrons. The number of aliphatic hydroxyl groups is 1. The highest BCUT2D eigenvalue weighted by Gasteiger charge is 1.94.